The van der Waals surface area contributed by atoms with Crippen LogP contribution in [0.15, 0.2) is 36.4 Å². The van der Waals surface area contributed by atoms with Gasteiger partial charge in [0.25, 0.3) is 0 Å². The quantitative estimate of drug-likeness (QED) is 0.690. The molecule has 0 aromatic heterocycles. The molecule has 0 saturated carbocycles. The van der Waals surface area contributed by atoms with Crippen LogP contribution < -0.4 is 16.8 Å². The molecule has 3 nitrogen and oxygen atoms in total. The fourth-order valence-electron chi connectivity index (χ4n) is 1.68. The zero-order valence-corrected chi connectivity index (χ0v) is 10.1. The highest BCUT2D eigenvalue weighted by Gasteiger charge is 2.01. The van der Waals surface area contributed by atoms with Crippen molar-refractivity contribution in [2.45, 2.75) is 13.8 Å². The van der Waals surface area contributed by atoms with E-state index in [9.17, 15) is 0 Å². The summed E-state index contributed by atoms with van der Waals surface area (Å²) in [5.41, 5.74) is 17.1. The Hall–Kier alpha value is -2.16. The lowest BCUT2D eigenvalue weighted by molar-refractivity contribution is 1.38. The maximum absolute atomic E-state index is 5.78. The monoisotopic (exact) mass is 227 g/mol. The van der Waals surface area contributed by atoms with Gasteiger partial charge in [-0.1, -0.05) is 12.1 Å². The molecule has 0 heterocycles. The van der Waals surface area contributed by atoms with Crippen molar-refractivity contribution in [2.24, 2.45) is 0 Å². The molecule has 2 aromatic rings. The molecular formula is C14H17N3. The van der Waals surface area contributed by atoms with Crippen molar-refractivity contribution >= 4 is 22.7 Å². The van der Waals surface area contributed by atoms with Crippen molar-refractivity contribution in [1.82, 2.24) is 0 Å². The largest absolute Gasteiger partial charge is 0.397 e. The van der Waals surface area contributed by atoms with E-state index >= 15 is 0 Å². The summed E-state index contributed by atoms with van der Waals surface area (Å²) < 4.78 is 0. The molecule has 0 unspecified atom stereocenters. The van der Waals surface area contributed by atoms with Crippen molar-refractivity contribution in [3.63, 3.8) is 0 Å². The Kier molecular flexibility index (Phi) is 2.91. The van der Waals surface area contributed by atoms with Gasteiger partial charge in [0.15, 0.2) is 0 Å². The van der Waals surface area contributed by atoms with Crippen molar-refractivity contribution < 1.29 is 0 Å². The lowest BCUT2D eigenvalue weighted by Crippen LogP contribution is -1.98. The van der Waals surface area contributed by atoms with E-state index in [0.29, 0.717) is 11.4 Å². The van der Waals surface area contributed by atoms with Gasteiger partial charge in [-0.3, -0.25) is 0 Å². The maximum atomic E-state index is 5.78. The number of nitrogen functional groups attached to an aromatic ring is 2. The maximum Gasteiger partial charge on any atom is 0.0568 e. The van der Waals surface area contributed by atoms with Gasteiger partial charge in [0, 0.05) is 11.4 Å². The molecule has 0 aliphatic carbocycles. The normalized spacial score (nSPS) is 10.2. The van der Waals surface area contributed by atoms with E-state index in [0.717, 1.165) is 11.4 Å². The molecule has 88 valence electrons. The van der Waals surface area contributed by atoms with Crippen LogP contribution in [0.4, 0.5) is 22.7 Å². The summed E-state index contributed by atoms with van der Waals surface area (Å²) in [5.74, 6) is 0. The molecule has 0 radical (unpaired) electrons. The third-order valence-electron chi connectivity index (χ3n) is 2.76. The number of anilines is 4. The van der Waals surface area contributed by atoms with Crippen LogP contribution in [-0.2, 0) is 0 Å². The minimum Gasteiger partial charge on any atom is -0.397 e. The molecule has 2 rings (SSSR count). The van der Waals surface area contributed by atoms with E-state index < -0.39 is 0 Å². The Balaban J connectivity index is 2.31. The SMILES string of the molecule is Cc1ccc(C)c(Nc2ccc(N)c(N)c2)c1. The van der Waals surface area contributed by atoms with Gasteiger partial charge in [0.2, 0.25) is 0 Å². The molecule has 0 spiro atoms. The summed E-state index contributed by atoms with van der Waals surface area (Å²) in [6.07, 6.45) is 0. The van der Waals surface area contributed by atoms with Gasteiger partial charge in [-0.2, -0.15) is 0 Å². The summed E-state index contributed by atoms with van der Waals surface area (Å²) >= 11 is 0. The molecule has 0 bridgehead atoms. The van der Waals surface area contributed by atoms with Gasteiger partial charge >= 0.3 is 0 Å². The lowest BCUT2D eigenvalue weighted by Gasteiger charge is -2.11. The molecule has 0 atom stereocenters. The first-order chi connectivity index (χ1) is 8.06. The van der Waals surface area contributed by atoms with Crippen LogP contribution in [0.3, 0.4) is 0 Å². The van der Waals surface area contributed by atoms with E-state index in [1.165, 1.54) is 11.1 Å². The molecule has 0 fully saturated rings. The first-order valence-corrected chi connectivity index (χ1v) is 5.55. The summed E-state index contributed by atoms with van der Waals surface area (Å²) in [4.78, 5) is 0. The van der Waals surface area contributed by atoms with Crippen molar-refractivity contribution in [1.29, 1.82) is 0 Å². The second kappa shape index (κ2) is 4.37. The van der Waals surface area contributed by atoms with E-state index in [-0.39, 0.29) is 0 Å². The van der Waals surface area contributed by atoms with Crippen LogP contribution in [0, 0.1) is 13.8 Å². The summed E-state index contributed by atoms with van der Waals surface area (Å²) in [5, 5.41) is 3.35. The zero-order valence-electron chi connectivity index (χ0n) is 10.1. The summed E-state index contributed by atoms with van der Waals surface area (Å²) in [7, 11) is 0. The Morgan fingerprint density at radius 2 is 1.65 bits per heavy atom. The minimum atomic E-state index is 0.598. The smallest absolute Gasteiger partial charge is 0.0568 e. The average Bonchev–Trinajstić information content (AvgIpc) is 2.29. The molecule has 0 aliphatic heterocycles. The number of hydrogen-bond donors (Lipinski definition) is 3. The summed E-state index contributed by atoms with van der Waals surface area (Å²) in [6, 6.07) is 11.9. The third-order valence-corrected chi connectivity index (χ3v) is 2.76. The Morgan fingerprint density at radius 3 is 2.35 bits per heavy atom. The van der Waals surface area contributed by atoms with Gasteiger partial charge < -0.3 is 16.8 Å². The standard InChI is InChI=1S/C14H17N3/c1-9-3-4-10(2)14(7-9)17-11-5-6-12(15)13(16)8-11/h3-8,17H,15-16H2,1-2H3. The molecule has 17 heavy (non-hydrogen) atoms. The predicted octanol–water partition coefficient (Wildman–Crippen LogP) is 3.21. The summed E-state index contributed by atoms with van der Waals surface area (Å²) in [6.45, 7) is 4.14. The number of nitrogens with two attached hydrogens (primary N) is 2. The number of rotatable bonds is 2. The van der Waals surface area contributed by atoms with E-state index in [1.54, 1.807) is 0 Å². The highest BCUT2D eigenvalue weighted by Crippen LogP contribution is 2.25. The van der Waals surface area contributed by atoms with Crippen LogP contribution in [0.25, 0.3) is 0 Å². The highest BCUT2D eigenvalue weighted by atomic mass is 14.9. The lowest BCUT2D eigenvalue weighted by atomic mass is 10.1. The Bertz CT molecular complexity index is 547. The number of benzene rings is 2. The fourth-order valence-corrected chi connectivity index (χ4v) is 1.68. The molecular weight excluding hydrogens is 210 g/mol. The van der Waals surface area contributed by atoms with E-state index in [4.69, 9.17) is 11.5 Å². The first-order valence-electron chi connectivity index (χ1n) is 5.55. The zero-order chi connectivity index (χ0) is 12.4. The van der Waals surface area contributed by atoms with Crippen molar-refractivity contribution in [3.8, 4) is 0 Å². The van der Waals surface area contributed by atoms with E-state index in [2.05, 4.69) is 37.4 Å². The molecule has 0 aliphatic rings. The van der Waals surface area contributed by atoms with Gasteiger partial charge in [-0.25, -0.2) is 0 Å². The van der Waals surface area contributed by atoms with Crippen LogP contribution in [0.5, 0.6) is 0 Å². The first kappa shape index (κ1) is 11.3. The fraction of sp³-hybridized carbons (Fsp3) is 0.143. The van der Waals surface area contributed by atoms with Crippen molar-refractivity contribution in [2.75, 3.05) is 16.8 Å². The number of hydrogen-bond acceptors (Lipinski definition) is 3. The Morgan fingerprint density at radius 1 is 0.882 bits per heavy atom. The highest BCUT2D eigenvalue weighted by molar-refractivity contribution is 5.73. The topological polar surface area (TPSA) is 64.1 Å². The van der Waals surface area contributed by atoms with Crippen molar-refractivity contribution in [3.05, 3.63) is 47.5 Å². The van der Waals surface area contributed by atoms with Crippen LogP contribution in [0.1, 0.15) is 11.1 Å². The van der Waals surface area contributed by atoms with Crippen LogP contribution in [-0.4, -0.2) is 0 Å². The van der Waals surface area contributed by atoms with Crippen LogP contribution in [0.2, 0.25) is 0 Å². The van der Waals surface area contributed by atoms with Crippen LogP contribution >= 0.6 is 0 Å². The number of aryl methyl sites for hydroxylation is 2. The second-order valence-electron chi connectivity index (χ2n) is 4.29. The molecule has 0 amide bonds. The van der Waals surface area contributed by atoms with Gasteiger partial charge in [-0.05, 0) is 49.2 Å². The average molecular weight is 227 g/mol. The molecule has 5 N–H and O–H groups in total. The predicted molar refractivity (Wildman–Crippen MR) is 74.5 cm³/mol. The minimum absolute atomic E-state index is 0.598. The number of nitrogens with one attached hydrogen (secondary N) is 1. The third kappa shape index (κ3) is 2.50. The molecule has 3 heteroatoms. The Labute approximate surface area is 101 Å². The molecule has 2 aromatic carbocycles. The van der Waals surface area contributed by atoms with Gasteiger partial charge in [-0.15, -0.1) is 0 Å². The second-order valence-corrected chi connectivity index (χ2v) is 4.29. The van der Waals surface area contributed by atoms with E-state index in [1.807, 2.05) is 18.2 Å². The molecule has 0 saturated heterocycles. The van der Waals surface area contributed by atoms with Gasteiger partial charge in [0.1, 0.15) is 0 Å². The van der Waals surface area contributed by atoms with Gasteiger partial charge in [0.05, 0.1) is 11.4 Å².